The van der Waals surface area contributed by atoms with Crippen LogP contribution < -0.4 is 14.8 Å². The molecule has 8 heteroatoms. The van der Waals surface area contributed by atoms with E-state index < -0.39 is 29.9 Å². The number of carbonyl (C=O) groups excluding carboxylic acids is 2. The summed E-state index contributed by atoms with van der Waals surface area (Å²) in [7, 11) is 3.20. The van der Waals surface area contributed by atoms with Crippen molar-refractivity contribution in [2.45, 2.75) is 52.7 Å². The topological polar surface area (TPSA) is 107 Å². The maximum atomic E-state index is 13.1. The van der Waals surface area contributed by atoms with Crippen LogP contribution in [0.1, 0.15) is 58.1 Å². The number of hydrogen-bond donors (Lipinski definition) is 2. The standard InChI is InChI=1S/C29H34N2O6/c1-16-8-10-21(23(14-16)35-6)25(22-11-9-17(2)15-24(22)36-7)20(5)37-29(34)19(4)31-28(33)26-27(32)18(3)12-13-30-26/h8-15,19-20,25,32H,1-7H3,(H,31,33)/t19-,20-/m0/s1. The molecule has 0 spiro atoms. The quantitative estimate of drug-likeness (QED) is 0.408. The fraction of sp³-hybridized carbons (Fsp3) is 0.345. The Labute approximate surface area is 217 Å². The molecule has 0 saturated carbocycles. The summed E-state index contributed by atoms with van der Waals surface area (Å²) in [6.07, 6.45) is 0.773. The van der Waals surface area contributed by atoms with Crippen LogP contribution in [-0.4, -0.2) is 48.3 Å². The van der Waals surface area contributed by atoms with Crippen LogP contribution in [0.2, 0.25) is 0 Å². The van der Waals surface area contributed by atoms with Crippen LogP contribution in [0, 0.1) is 20.8 Å². The minimum atomic E-state index is -0.989. The first-order valence-corrected chi connectivity index (χ1v) is 12.0. The van der Waals surface area contributed by atoms with Gasteiger partial charge in [-0.05, 0) is 69.5 Å². The Morgan fingerprint density at radius 1 is 0.892 bits per heavy atom. The van der Waals surface area contributed by atoms with Crippen LogP contribution in [0.4, 0.5) is 0 Å². The minimum Gasteiger partial charge on any atom is -0.505 e. The van der Waals surface area contributed by atoms with E-state index in [-0.39, 0.29) is 11.4 Å². The predicted molar refractivity (Wildman–Crippen MR) is 140 cm³/mol. The Morgan fingerprint density at radius 3 is 1.95 bits per heavy atom. The molecule has 1 amide bonds. The Balaban J connectivity index is 1.90. The molecule has 1 heterocycles. The molecule has 3 aromatic rings. The molecule has 0 unspecified atom stereocenters. The van der Waals surface area contributed by atoms with Crippen molar-refractivity contribution >= 4 is 11.9 Å². The van der Waals surface area contributed by atoms with E-state index in [1.54, 1.807) is 34.1 Å². The average Bonchev–Trinajstić information content (AvgIpc) is 2.87. The van der Waals surface area contributed by atoms with Crippen LogP contribution in [0.25, 0.3) is 0 Å². The highest BCUT2D eigenvalue weighted by Crippen LogP contribution is 2.40. The highest BCUT2D eigenvalue weighted by molar-refractivity contribution is 5.97. The summed E-state index contributed by atoms with van der Waals surface area (Å²) in [6, 6.07) is 12.3. The SMILES string of the molecule is COc1cc(C)ccc1C(c1ccc(C)cc1OC)[C@H](C)OC(=O)[C@H](C)NC(=O)c1nccc(C)c1O. The second-order valence-corrected chi connectivity index (χ2v) is 9.13. The summed E-state index contributed by atoms with van der Waals surface area (Å²) in [6.45, 7) is 8.92. The number of aromatic hydroxyl groups is 1. The van der Waals surface area contributed by atoms with Gasteiger partial charge >= 0.3 is 5.97 Å². The van der Waals surface area contributed by atoms with Gasteiger partial charge in [0.1, 0.15) is 29.4 Å². The molecule has 1 aromatic heterocycles. The lowest BCUT2D eigenvalue weighted by atomic mass is 9.85. The maximum Gasteiger partial charge on any atom is 0.328 e. The van der Waals surface area contributed by atoms with Gasteiger partial charge in [0.05, 0.1) is 20.1 Å². The highest BCUT2D eigenvalue weighted by Gasteiger charge is 2.32. The second-order valence-electron chi connectivity index (χ2n) is 9.13. The monoisotopic (exact) mass is 506 g/mol. The molecule has 3 rings (SSSR count). The van der Waals surface area contributed by atoms with Gasteiger partial charge in [0.15, 0.2) is 5.69 Å². The van der Waals surface area contributed by atoms with E-state index in [1.807, 2.05) is 50.2 Å². The summed E-state index contributed by atoms with van der Waals surface area (Å²) in [5, 5.41) is 12.7. The Kier molecular flexibility index (Phi) is 8.76. The van der Waals surface area contributed by atoms with Crippen LogP contribution >= 0.6 is 0 Å². The molecule has 0 saturated heterocycles. The first kappa shape index (κ1) is 27.5. The normalized spacial score (nSPS) is 12.5. The molecular weight excluding hydrogens is 472 g/mol. The van der Waals surface area contributed by atoms with Crippen molar-refractivity contribution < 1.29 is 28.9 Å². The number of nitrogens with one attached hydrogen (secondary N) is 1. The average molecular weight is 507 g/mol. The Bertz CT molecular complexity index is 1240. The lowest BCUT2D eigenvalue weighted by Crippen LogP contribution is -2.41. The third-order valence-corrected chi connectivity index (χ3v) is 6.26. The number of methoxy groups -OCH3 is 2. The fourth-order valence-electron chi connectivity index (χ4n) is 4.22. The third kappa shape index (κ3) is 6.20. The number of carbonyl (C=O) groups is 2. The zero-order chi connectivity index (χ0) is 27.3. The van der Waals surface area contributed by atoms with Gasteiger partial charge in [-0.2, -0.15) is 0 Å². The van der Waals surface area contributed by atoms with E-state index in [0.717, 1.165) is 22.3 Å². The molecule has 0 fully saturated rings. The molecule has 37 heavy (non-hydrogen) atoms. The second kappa shape index (κ2) is 11.8. The summed E-state index contributed by atoms with van der Waals surface area (Å²) in [5.74, 6) is -0.617. The van der Waals surface area contributed by atoms with Crippen molar-refractivity contribution in [1.29, 1.82) is 0 Å². The van der Waals surface area contributed by atoms with E-state index in [1.165, 1.54) is 13.1 Å². The first-order valence-electron chi connectivity index (χ1n) is 12.0. The van der Waals surface area contributed by atoms with E-state index in [2.05, 4.69) is 10.3 Å². The number of aromatic nitrogens is 1. The molecular formula is C29H34N2O6. The summed E-state index contributed by atoms with van der Waals surface area (Å²) in [4.78, 5) is 29.7. The van der Waals surface area contributed by atoms with Crippen LogP contribution in [-0.2, 0) is 9.53 Å². The Hall–Kier alpha value is -4.07. The number of hydrogen-bond acceptors (Lipinski definition) is 7. The molecule has 196 valence electrons. The number of benzene rings is 2. The molecule has 0 aliphatic heterocycles. The number of nitrogens with zero attached hydrogens (tertiary/aromatic N) is 1. The zero-order valence-corrected chi connectivity index (χ0v) is 22.3. The number of pyridine rings is 1. The number of rotatable bonds is 9. The predicted octanol–water partition coefficient (Wildman–Crippen LogP) is 4.61. The van der Waals surface area contributed by atoms with Gasteiger partial charge in [0.2, 0.25) is 0 Å². The number of esters is 1. The molecule has 0 radical (unpaired) electrons. The van der Waals surface area contributed by atoms with Crippen molar-refractivity contribution in [3.05, 3.63) is 82.2 Å². The number of ether oxygens (including phenoxy) is 3. The van der Waals surface area contributed by atoms with Crippen LogP contribution in [0.15, 0.2) is 48.7 Å². The first-order chi connectivity index (χ1) is 17.6. The lowest BCUT2D eigenvalue weighted by molar-refractivity contribution is -0.150. The molecule has 2 N–H and O–H groups in total. The van der Waals surface area contributed by atoms with Crippen LogP contribution in [0.5, 0.6) is 17.2 Å². The van der Waals surface area contributed by atoms with Gasteiger partial charge in [0, 0.05) is 17.3 Å². The summed E-state index contributed by atoms with van der Waals surface area (Å²) in [5.41, 5.74) is 4.08. The molecule has 2 atom stereocenters. The van der Waals surface area contributed by atoms with E-state index in [0.29, 0.717) is 17.1 Å². The van der Waals surface area contributed by atoms with Gasteiger partial charge in [-0.1, -0.05) is 24.3 Å². The highest BCUT2D eigenvalue weighted by atomic mass is 16.5. The van der Waals surface area contributed by atoms with E-state index >= 15 is 0 Å². The van der Waals surface area contributed by atoms with E-state index in [4.69, 9.17) is 14.2 Å². The van der Waals surface area contributed by atoms with Gasteiger partial charge in [-0.25, -0.2) is 9.78 Å². The van der Waals surface area contributed by atoms with Gasteiger partial charge in [-0.3, -0.25) is 4.79 Å². The molecule has 0 bridgehead atoms. The van der Waals surface area contributed by atoms with Crippen molar-refractivity contribution in [2.24, 2.45) is 0 Å². The van der Waals surface area contributed by atoms with Gasteiger partial charge in [-0.15, -0.1) is 0 Å². The van der Waals surface area contributed by atoms with Gasteiger partial charge in [0.25, 0.3) is 5.91 Å². The lowest BCUT2D eigenvalue weighted by Gasteiger charge is -2.29. The van der Waals surface area contributed by atoms with Crippen molar-refractivity contribution in [2.75, 3.05) is 14.2 Å². The maximum absolute atomic E-state index is 13.1. The fourth-order valence-corrected chi connectivity index (χ4v) is 4.22. The molecule has 0 aliphatic carbocycles. The number of amides is 1. The summed E-state index contributed by atoms with van der Waals surface area (Å²) >= 11 is 0. The third-order valence-electron chi connectivity index (χ3n) is 6.26. The Morgan fingerprint density at radius 2 is 1.43 bits per heavy atom. The van der Waals surface area contributed by atoms with E-state index in [9.17, 15) is 14.7 Å². The van der Waals surface area contributed by atoms with Crippen LogP contribution in [0.3, 0.4) is 0 Å². The van der Waals surface area contributed by atoms with Crippen molar-refractivity contribution in [3.8, 4) is 17.2 Å². The minimum absolute atomic E-state index is 0.153. The zero-order valence-electron chi connectivity index (χ0n) is 22.3. The largest absolute Gasteiger partial charge is 0.505 e. The number of aryl methyl sites for hydroxylation is 3. The van der Waals surface area contributed by atoms with Crippen molar-refractivity contribution in [1.82, 2.24) is 10.3 Å². The van der Waals surface area contributed by atoms with Gasteiger partial charge < -0.3 is 24.6 Å². The smallest absolute Gasteiger partial charge is 0.328 e. The molecule has 8 nitrogen and oxygen atoms in total. The van der Waals surface area contributed by atoms with Crippen molar-refractivity contribution in [3.63, 3.8) is 0 Å². The molecule has 0 aliphatic rings. The summed E-state index contributed by atoms with van der Waals surface area (Å²) < 4.78 is 17.2. The molecule has 2 aromatic carbocycles.